The Balaban J connectivity index is 1.40. The predicted octanol–water partition coefficient (Wildman–Crippen LogP) is 4.00. The number of nitrogens with zero attached hydrogens (tertiary/aromatic N) is 3. The zero-order valence-corrected chi connectivity index (χ0v) is 16.2. The summed E-state index contributed by atoms with van der Waals surface area (Å²) in [5.74, 6) is 0.796. The van der Waals surface area contributed by atoms with Crippen molar-refractivity contribution in [1.82, 2.24) is 19.9 Å². The van der Waals surface area contributed by atoms with Gasteiger partial charge in [-0.15, -0.1) is 11.3 Å². The van der Waals surface area contributed by atoms with E-state index < -0.39 is 0 Å². The number of fused-ring (bicyclic) bond motifs is 2. The molecular formula is C18H22N4OS2. The minimum Gasteiger partial charge on any atom is -0.346 e. The monoisotopic (exact) mass is 374 g/mol. The maximum atomic E-state index is 12.5. The first-order chi connectivity index (χ1) is 12.1. The van der Waals surface area contributed by atoms with Crippen molar-refractivity contribution < 1.29 is 4.79 Å². The van der Waals surface area contributed by atoms with E-state index >= 15 is 0 Å². The van der Waals surface area contributed by atoms with E-state index in [1.165, 1.54) is 29.7 Å². The number of aryl methyl sites for hydroxylation is 2. The summed E-state index contributed by atoms with van der Waals surface area (Å²) in [5.41, 5.74) is 2.23. The van der Waals surface area contributed by atoms with Crippen LogP contribution in [0.15, 0.2) is 12.3 Å². The molecule has 132 valence electrons. The van der Waals surface area contributed by atoms with Gasteiger partial charge in [0.1, 0.15) is 5.01 Å². The third-order valence-corrected chi connectivity index (χ3v) is 6.80. The van der Waals surface area contributed by atoms with Crippen LogP contribution in [0.25, 0.3) is 4.96 Å². The molecule has 0 fully saturated rings. The van der Waals surface area contributed by atoms with Crippen LogP contribution >= 0.6 is 22.7 Å². The summed E-state index contributed by atoms with van der Waals surface area (Å²) in [5, 5.41) is 8.34. The lowest BCUT2D eigenvalue weighted by Crippen LogP contribution is -2.22. The molecule has 3 aromatic rings. The second kappa shape index (κ2) is 6.88. The molecule has 0 radical (unpaired) electrons. The number of nitrogens with one attached hydrogen (secondary N) is 1. The molecule has 0 unspecified atom stereocenters. The number of carbonyl (C=O) groups excluding carboxylic acids is 1. The van der Waals surface area contributed by atoms with Gasteiger partial charge in [0.25, 0.3) is 5.91 Å². The fourth-order valence-corrected chi connectivity index (χ4v) is 5.42. The molecule has 7 heteroatoms. The molecular weight excluding hydrogens is 352 g/mol. The van der Waals surface area contributed by atoms with Gasteiger partial charge in [-0.3, -0.25) is 4.79 Å². The number of amides is 1. The lowest BCUT2D eigenvalue weighted by atomic mass is 9.85. The Hall–Kier alpha value is -1.73. The predicted molar refractivity (Wildman–Crippen MR) is 102 cm³/mol. The summed E-state index contributed by atoms with van der Waals surface area (Å²) in [6, 6.07) is 2.10. The molecule has 0 spiro atoms. The van der Waals surface area contributed by atoms with Gasteiger partial charge in [0.2, 0.25) is 4.96 Å². The van der Waals surface area contributed by atoms with E-state index in [1.54, 1.807) is 27.2 Å². The first-order valence-electron chi connectivity index (χ1n) is 8.84. The molecule has 1 atom stereocenters. The van der Waals surface area contributed by atoms with E-state index in [4.69, 9.17) is 0 Å². The minimum absolute atomic E-state index is 0.00642. The molecule has 0 bridgehead atoms. The van der Waals surface area contributed by atoms with Crippen molar-refractivity contribution in [3.8, 4) is 0 Å². The lowest BCUT2D eigenvalue weighted by Gasteiger charge is -2.21. The largest absolute Gasteiger partial charge is 0.346 e. The molecule has 25 heavy (non-hydrogen) atoms. The summed E-state index contributed by atoms with van der Waals surface area (Å²) >= 11 is 3.22. The summed E-state index contributed by atoms with van der Waals surface area (Å²) in [6.45, 7) is 4.65. The quantitative estimate of drug-likeness (QED) is 0.734. The van der Waals surface area contributed by atoms with E-state index in [-0.39, 0.29) is 5.91 Å². The smallest absolute Gasteiger partial charge is 0.261 e. The first-order valence-corrected chi connectivity index (χ1v) is 10.5. The van der Waals surface area contributed by atoms with Crippen molar-refractivity contribution in [3.05, 3.63) is 38.3 Å². The van der Waals surface area contributed by atoms with Crippen molar-refractivity contribution in [3.63, 3.8) is 0 Å². The second-order valence-electron chi connectivity index (χ2n) is 6.72. The van der Waals surface area contributed by atoms with Crippen LogP contribution < -0.4 is 5.32 Å². The Labute approximate surface area is 155 Å². The second-order valence-corrected chi connectivity index (χ2v) is 9.02. The van der Waals surface area contributed by atoms with Crippen LogP contribution in [-0.4, -0.2) is 20.5 Å². The van der Waals surface area contributed by atoms with Crippen molar-refractivity contribution in [1.29, 1.82) is 0 Å². The highest BCUT2D eigenvalue weighted by molar-refractivity contribution is 7.16. The highest BCUT2D eigenvalue weighted by Crippen LogP contribution is 2.34. The zero-order valence-electron chi connectivity index (χ0n) is 14.5. The third-order valence-electron chi connectivity index (χ3n) is 4.73. The maximum absolute atomic E-state index is 12.5. The van der Waals surface area contributed by atoms with Crippen molar-refractivity contribution in [2.45, 2.75) is 52.5 Å². The van der Waals surface area contributed by atoms with Gasteiger partial charge in [0, 0.05) is 4.88 Å². The number of thiophene rings is 1. The number of imidazole rings is 1. The van der Waals surface area contributed by atoms with Gasteiger partial charge in [-0.25, -0.2) is 9.50 Å². The van der Waals surface area contributed by atoms with Crippen LogP contribution in [0, 0.1) is 12.8 Å². The molecule has 3 heterocycles. The van der Waals surface area contributed by atoms with E-state index in [1.807, 2.05) is 13.1 Å². The van der Waals surface area contributed by atoms with Crippen molar-refractivity contribution in [2.24, 2.45) is 5.92 Å². The van der Waals surface area contributed by atoms with E-state index in [2.05, 4.69) is 28.4 Å². The Morgan fingerprint density at radius 3 is 3.12 bits per heavy atom. The van der Waals surface area contributed by atoms with E-state index in [0.29, 0.717) is 6.54 Å². The average molecular weight is 375 g/mol. The number of rotatable bonds is 5. The average Bonchev–Trinajstić information content (AvgIpc) is 3.24. The normalized spacial score (nSPS) is 17.0. The number of aromatic nitrogens is 3. The van der Waals surface area contributed by atoms with Crippen molar-refractivity contribution in [2.75, 3.05) is 0 Å². The summed E-state index contributed by atoms with van der Waals surface area (Å²) in [4.78, 5) is 20.1. The molecule has 1 amide bonds. The van der Waals surface area contributed by atoms with Crippen LogP contribution in [0.3, 0.4) is 0 Å². The van der Waals surface area contributed by atoms with Crippen LogP contribution in [0.4, 0.5) is 0 Å². The zero-order chi connectivity index (χ0) is 17.4. The van der Waals surface area contributed by atoms with E-state index in [9.17, 15) is 4.79 Å². The Morgan fingerprint density at radius 2 is 2.32 bits per heavy atom. The first kappa shape index (κ1) is 16.7. The number of hydrogen-bond acceptors (Lipinski definition) is 5. The topological polar surface area (TPSA) is 59.3 Å². The molecule has 0 saturated heterocycles. The maximum Gasteiger partial charge on any atom is 0.261 e. The van der Waals surface area contributed by atoms with E-state index in [0.717, 1.165) is 39.3 Å². The fourth-order valence-electron chi connectivity index (χ4n) is 3.55. The van der Waals surface area contributed by atoms with Gasteiger partial charge in [0.15, 0.2) is 0 Å². The minimum atomic E-state index is 0.00642. The molecule has 5 nitrogen and oxygen atoms in total. The molecule has 1 N–H and O–H groups in total. The van der Waals surface area contributed by atoms with Crippen LogP contribution in [-0.2, 0) is 19.4 Å². The van der Waals surface area contributed by atoms with Gasteiger partial charge >= 0.3 is 0 Å². The number of hydrogen-bond donors (Lipinski definition) is 1. The molecule has 1 aliphatic rings. The standard InChI is InChI=1S/C18H22N4OS2/c1-3-4-12-5-6-15-13(7-12)8-16(25-15)17(23)19-9-14-10-22-18(20-14)24-11(2)21-22/h8,10,12H,3-7,9H2,1-2H3,(H,19,23)/t12-/m1/s1. The Kier molecular flexibility index (Phi) is 4.60. The molecule has 0 aromatic carbocycles. The third kappa shape index (κ3) is 3.48. The van der Waals surface area contributed by atoms with Gasteiger partial charge in [-0.1, -0.05) is 31.1 Å². The molecule has 4 rings (SSSR count). The number of carbonyl (C=O) groups is 1. The van der Waals surface area contributed by atoms with Crippen LogP contribution in [0.5, 0.6) is 0 Å². The highest BCUT2D eigenvalue weighted by atomic mass is 32.1. The molecule has 3 aromatic heterocycles. The van der Waals surface area contributed by atoms with Crippen LogP contribution in [0.2, 0.25) is 0 Å². The van der Waals surface area contributed by atoms with Crippen molar-refractivity contribution >= 4 is 33.5 Å². The van der Waals surface area contributed by atoms with Crippen LogP contribution in [0.1, 0.15) is 57.0 Å². The molecule has 0 aliphatic heterocycles. The Bertz CT molecular complexity index is 876. The summed E-state index contributed by atoms with van der Waals surface area (Å²) in [7, 11) is 0. The highest BCUT2D eigenvalue weighted by Gasteiger charge is 2.22. The van der Waals surface area contributed by atoms with Gasteiger partial charge in [-0.05, 0) is 43.7 Å². The fraction of sp³-hybridized carbons (Fsp3) is 0.500. The SMILES string of the molecule is CCC[C@@H]1CCc2sc(C(=O)NCc3cn4nc(C)sc4n3)cc2C1. The Morgan fingerprint density at radius 1 is 1.44 bits per heavy atom. The lowest BCUT2D eigenvalue weighted by molar-refractivity contribution is 0.0954. The van der Waals surface area contributed by atoms with Gasteiger partial charge in [0.05, 0.1) is 23.3 Å². The van der Waals surface area contributed by atoms with Gasteiger partial charge < -0.3 is 5.32 Å². The molecule has 0 saturated carbocycles. The summed E-state index contributed by atoms with van der Waals surface area (Å²) < 4.78 is 1.78. The molecule has 1 aliphatic carbocycles. The van der Waals surface area contributed by atoms with Gasteiger partial charge in [-0.2, -0.15) is 5.10 Å². The summed E-state index contributed by atoms with van der Waals surface area (Å²) in [6.07, 6.45) is 7.94.